The molecule has 0 saturated carbocycles. The molecular formula is C18H25F3IN5O2S. The van der Waals surface area contributed by atoms with Gasteiger partial charge in [0.05, 0.1) is 24.3 Å². The highest BCUT2D eigenvalue weighted by molar-refractivity contribution is 14.0. The fourth-order valence-electron chi connectivity index (χ4n) is 2.34. The highest BCUT2D eigenvalue weighted by Crippen LogP contribution is 2.29. The quantitative estimate of drug-likeness (QED) is 0.229. The Morgan fingerprint density at radius 1 is 1.37 bits per heavy atom. The maximum Gasteiger partial charge on any atom is 0.417 e. The second-order valence-electron chi connectivity index (χ2n) is 6.12. The van der Waals surface area contributed by atoms with Crippen molar-refractivity contribution in [2.24, 2.45) is 4.99 Å². The zero-order chi connectivity index (χ0) is 21.4. The molecule has 0 bridgehead atoms. The van der Waals surface area contributed by atoms with Crippen LogP contribution in [-0.2, 0) is 17.5 Å². The monoisotopic (exact) mass is 559 g/mol. The first-order chi connectivity index (χ1) is 13.7. The van der Waals surface area contributed by atoms with E-state index in [0.29, 0.717) is 19.0 Å². The Morgan fingerprint density at radius 2 is 2.10 bits per heavy atom. The summed E-state index contributed by atoms with van der Waals surface area (Å²) in [6, 6.07) is 2.14. The Labute approximate surface area is 194 Å². The predicted octanol–water partition coefficient (Wildman–Crippen LogP) is 3.97. The molecule has 0 fully saturated rings. The van der Waals surface area contributed by atoms with Gasteiger partial charge in [0, 0.05) is 38.8 Å². The summed E-state index contributed by atoms with van der Waals surface area (Å²) < 4.78 is 48.2. The molecule has 2 aromatic rings. The molecule has 0 saturated heterocycles. The molecule has 0 aliphatic heterocycles. The molecule has 0 aliphatic rings. The summed E-state index contributed by atoms with van der Waals surface area (Å²) in [6.07, 6.45) is -3.71. The normalized spacial score (nSPS) is 12.8. The number of aliphatic imine (C=N–C) groups is 1. The molecular weight excluding hydrogens is 534 g/mol. The lowest BCUT2D eigenvalue weighted by Gasteiger charge is -2.21. The van der Waals surface area contributed by atoms with Crippen LogP contribution in [0.15, 0.2) is 28.7 Å². The van der Waals surface area contributed by atoms with Crippen LogP contribution < -0.4 is 10.1 Å². The van der Waals surface area contributed by atoms with Gasteiger partial charge < -0.3 is 19.7 Å². The number of pyridine rings is 1. The first kappa shape index (κ1) is 26.4. The standard InChI is InChI=1S/C18H24F3N5O2S.HI/c1-12(27-4)16-25-14(11-29-16)10-26(3)17(22-2)23-7-8-28-15-6-5-13(9-24-15)18(19,20)21;/h5-6,9,11-12H,7-8,10H2,1-4H3,(H,22,23);1H. The molecule has 1 N–H and O–H groups in total. The Hall–Kier alpha value is -1.67. The smallest absolute Gasteiger partial charge is 0.417 e. The highest BCUT2D eigenvalue weighted by Gasteiger charge is 2.30. The fourth-order valence-corrected chi connectivity index (χ4v) is 3.18. The van der Waals surface area contributed by atoms with Crippen LogP contribution in [0.25, 0.3) is 0 Å². The van der Waals surface area contributed by atoms with E-state index in [-0.39, 0.29) is 42.6 Å². The van der Waals surface area contributed by atoms with Crippen LogP contribution >= 0.6 is 35.3 Å². The Morgan fingerprint density at radius 3 is 2.67 bits per heavy atom. The van der Waals surface area contributed by atoms with E-state index in [2.05, 4.69) is 20.3 Å². The number of hydrogen-bond donors (Lipinski definition) is 1. The van der Waals surface area contributed by atoms with E-state index in [1.54, 1.807) is 25.5 Å². The number of alkyl halides is 3. The number of hydrogen-bond acceptors (Lipinski definition) is 6. The lowest BCUT2D eigenvalue weighted by Crippen LogP contribution is -2.40. The van der Waals surface area contributed by atoms with Crippen molar-refractivity contribution in [2.45, 2.75) is 25.7 Å². The number of nitrogens with one attached hydrogen (secondary N) is 1. The molecule has 0 aliphatic carbocycles. The average molecular weight is 559 g/mol. The molecule has 2 aromatic heterocycles. The van der Waals surface area contributed by atoms with Crippen molar-refractivity contribution in [3.63, 3.8) is 0 Å². The molecule has 7 nitrogen and oxygen atoms in total. The first-order valence-electron chi connectivity index (χ1n) is 8.79. The van der Waals surface area contributed by atoms with Crippen molar-refractivity contribution >= 4 is 41.3 Å². The van der Waals surface area contributed by atoms with E-state index in [9.17, 15) is 13.2 Å². The van der Waals surface area contributed by atoms with E-state index >= 15 is 0 Å². The number of methoxy groups -OCH3 is 1. The highest BCUT2D eigenvalue weighted by atomic mass is 127. The van der Waals surface area contributed by atoms with Gasteiger partial charge in [0.25, 0.3) is 0 Å². The Bertz CT molecular complexity index is 802. The molecule has 0 radical (unpaired) electrons. The van der Waals surface area contributed by atoms with Crippen LogP contribution in [0.5, 0.6) is 5.88 Å². The second-order valence-corrected chi connectivity index (χ2v) is 7.01. The van der Waals surface area contributed by atoms with Gasteiger partial charge in [-0.05, 0) is 13.0 Å². The maximum atomic E-state index is 12.5. The van der Waals surface area contributed by atoms with Crippen LogP contribution in [0.3, 0.4) is 0 Å². The molecule has 2 rings (SSSR count). The van der Waals surface area contributed by atoms with Gasteiger partial charge in [-0.1, -0.05) is 0 Å². The van der Waals surface area contributed by atoms with Gasteiger partial charge in [0.1, 0.15) is 17.7 Å². The van der Waals surface area contributed by atoms with Gasteiger partial charge in [-0.2, -0.15) is 13.2 Å². The first-order valence-corrected chi connectivity index (χ1v) is 9.67. The lowest BCUT2D eigenvalue weighted by molar-refractivity contribution is -0.137. The van der Waals surface area contributed by atoms with Gasteiger partial charge in [0.2, 0.25) is 5.88 Å². The molecule has 0 spiro atoms. The van der Waals surface area contributed by atoms with E-state index in [4.69, 9.17) is 9.47 Å². The third-order valence-corrected chi connectivity index (χ3v) is 5.00. The summed E-state index contributed by atoms with van der Waals surface area (Å²) in [5.74, 6) is 0.772. The van der Waals surface area contributed by atoms with E-state index in [1.807, 2.05) is 24.3 Å². The van der Waals surface area contributed by atoms with Crippen LogP contribution in [0.2, 0.25) is 0 Å². The molecule has 0 aromatic carbocycles. The van der Waals surface area contributed by atoms with Crippen LogP contribution in [0.1, 0.15) is 29.3 Å². The number of halogens is 4. The minimum atomic E-state index is -4.41. The van der Waals surface area contributed by atoms with Crippen LogP contribution in [0.4, 0.5) is 13.2 Å². The van der Waals surface area contributed by atoms with Crippen molar-refractivity contribution in [3.05, 3.63) is 40.0 Å². The maximum absolute atomic E-state index is 12.5. The van der Waals surface area contributed by atoms with E-state index in [1.165, 1.54) is 6.07 Å². The zero-order valence-corrected chi connectivity index (χ0v) is 20.2. The zero-order valence-electron chi connectivity index (χ0n) is 17.1. The average Bonchev–Trinajstić information content (AvgIpc) is 3.15. The molecule has 12 heteroatoms. The summed E-state index contributed by atoms with van der Waals surface area (Å²) >= 11 is 1.54. The summed E-state index contributed by atoms with van der Waals surface area (Å²) in [4.78, 5) is 14.3. The Kier molecular flexibility index (Phi) is 10.8. The summed E-state index contributed by atoms with van der Waals surface area (Å²) in [6.45, 7) is 3.13. The SMILES string of the molecule is CN=C(NCCOc1ccc(C(F)(F)F)cn1)N(C)Cc1csc(C(C)OC)n1.I. The lowest BCUT2D eigenvalue weighted by atomic mass is 10.3. The molecule has 168 valence electrons. The number of thiazole rings is 1. The Balaban J connectivity index is 0.00000450. The van der Waals surface area contributed by atoms with Gasteiger partial charge in [-0.3, -0.25) is 4.99 Å². The number of rotatable bonds is 8. The van der Waals surface area contributed by atoms with E-state index in [0.717, 1.165) is 23.0 Å². The fraction of sp³-hybridized carbons (Fsp3) is 0.500. The van der Waals surface area contributed by atoms with Gasteiger partial charge >= 0.3 is 6.18 Å². The number of ether oxygens (including phenoxy) is 2. The molecule has 30 heavy (non-hydrogen) atoms. The van der Waals surface area contributed by atoms with Gasteiger partial charge in [0.15, 0.2) is 5.96 Å². The van der Waals surface area contributed by atoms with Gasteiger partial charge in [-0.25, -0.2) is 9.97 Å². The minimum Gasteiger partial charge on any atom is -0.476 e. The largest absolute Gasteiger partial charge is 0.476 e. The van der Waals surface area contributed by atoms with E-state index < -0.39 is 11.7 Å². The topological polar surface area (TPSA) is 71.9 Å². The second kappa shape index (κ2) is 12.2. The van der Waals surface area contributed by atoms with Crippen LogP contribution in [0, 0.1) is 0 Å². The van der Waals surface area contributed by atoms with Crippen LogP contribution in [-0.4, -0.2) is 55.2 Å². The van der Waals surface area contributed by atoms with Crippen molar-refractivity contribution in [2.75, 3.05) is 34.4 Å². The molecule has 0 amide bonds. The van der Waals surface area contributed by atoms with Crippen molar-refractivity contribution < 1.29 is 22.6 Å². The summed E-state index contributed by atoms with van der Waals surface area (Å²) in [7, 11) is 5.19. The number of nitrogens with zero attached hydrogens (tertiary/aromatic N) is 4. The van der Waals surface area contributed by atoms with Crippen molar-refractivity contribution in [3.8, 4) is 5.88 Å². The third-order valence-electron chi connectivity index (χ3n) is 3.94. The van der Waals surface area contributed by atoms with Gasteiger partial charge in [-0.15, -0.1) is 35.3 Å². The molecule has 1 atom stereocenters. The number of guanidine groups is 1. The van der Waals surface area contributed by atoms with Crippen molar-refractivity contribution in [1.82, 2.24) is 20.2 Å². The molecule has 1 unspecified atom stereocenters. The number of aromatic nitrogens is 2. The van der Waals surface area contributed by atoms with Crippen molar-refractivity contribution in [1.29, 1.82) is 0 Å². The summed E-state index contributed by atoms with van der Waals surface area (Å²) in [5.41, 5.74) is 0.0969. The minimum absolute atomic E-state index is 0. The summed E-state index contributed by atoms with van der Waals surface area (Å²) in [5, 5.41) is 6.02. The third kappa shape index (κ3) is 7.87. The predicted molar refractivity (Wildman–Crippen MR) is 121 cm³/mol. The molecule has 2 heterocycles.